The highest BCUT2D eigenvalue weighted by molar-refractivity contribution is 5.75. The number of alkyl halides is 3. The van der Waals surface area contributed by atoms with Gasteiger partial charge in [-0.1, -0.05) is 12.1 Å². The van der Waals surface area contributed by atoms with Crippen LogP contribution in [0, 0.1) is 11.6 Å². The third kappa shape index (κ3) is 3.74. The van der Waals surface area contributed by atoms with Gasteiger partial charge in [-0.15, -0.1) is 13.2 Å². The lowest BCUT2D eigenvalue weighted by atomic mass is 10.2. The maximum atomic E-state index is 13.3. The Balaban J connectivity index is 2.36. The zero-order valence-electron chi connectivity index (χ0n) is 10.3. The third-order valence-corrected chi connectivity index (χ3v) is 2.48. The van der Waals surface area contributed by atoms with E-state index in [0.717, 1.165) is 12.1 Å². The highest BCUT2D eigenvalue weighted by Crippen LogP contribution is 2.34. The normalized spacial score (nSPS) is 11.3. The first-order valence-electron chi connectivity index (χ1n) is 5.62. The van der Waals surface area contributed by atoms with Gasteiger partial charge < -0.3 is 15.8 Å². The standard InChI is InChI=1S/C13H9F5N2O/c14-7-5-8(15)12(19)10(6-7)20-9-3-1-2-4-11(9)21-13(16,17)18/h1-6,20H,19H2. The van der Waals surface area contributed by atoms with Crippen LogP contribution in [0.1, 0.15) is 0 Å². The molecule has 0 spiro atoms. The van der Waals surface area contributed by atoms with E-state index in [-0.39, 0.29) is 11.4 Å². The van der Waals surface area contributed by atoms with E-state index < -0.39 is 29.4 Å². The third-order valence-electron chi connectivity index (χ3n) is 2.48. The molecule has 112 valence electrons. The maximum absolute atomic E-state index is 13.3. The van der Waals surface area contributed by atoms with Crippen LogP contribution < -0.4 is 15.8 Å². The van der Waals surface area contributed by atoms with Crippen molar-refractivity contribution in [1.82, 2.24) is 0 Å². The van der Waals surface area contributed by atoms with E-state index in [0.29, 0.717) is 6.07 Å². The zero-order valence-corrected chi connectivity index (χ0v) is 10.3. The lowest BCUT2D eigenvalue weighted by Gasteiger charge is -2.15. The molecule has 3 nitrogen and oxygen atoms in total. The molecule has 0 aromatic heterocycles. The van der Waals surface area contributed by atoms with Gasteiger partial charge in [-0.3, -0.25) is 0 Å². The predicted octanol–water partition coefficient (Wildman–Crippen LogP) is 4.19. The number of benzene rings is 2. The minimum Gasteiger partial charge on any atom is -0.404 e. The fourth-order valence-electron chi connectivity index (χ4n) is 1.62. The summed E-state index contributed by atoms with van der Waals surface area (Å²) in [5.74, 6) is -2.49. The molecule has 21 heavy (non-hydrogen) atoms. The van der Waals surface area contributed by atoms with E-state index in [2.05, 4.69) is 10.1 Å². The molecule has 0 unspecified atom stereocenters. The van der Waals surface area contributed by atoms with Crippen LogP contribution in [-0.2, 0) is 0 Å². The molecular weight excluding hydrogens is 295 g/mol. The van der Waals surface area contributed by atoms with Crippen molar-refractivity contribution in [3.05, 3.63) is 48.0 Å². The number of nitrogens with two attached hydrogens (primary N) is 1. The molecule has 0 bridgehead atoms. The molecule has 0 radical (unpaired) electrons. The second-order valence-corrected chi connectivity index (χ2v) is 4.02. The van der Waals surface area contributed by atoms with Crippen molar-refractivity contribution in [2.24, 2.45) is 0 Å². The highest BCUT2D eigenvalue weighted by atomic mass is 19.4. The van der Waals surface area contributed by atoms with E-state index in [9.17, 15) is 22.0 Å². The second-order valence-electron chi connectivity index (χ2n) is 4.02. The number of nitrogen functional groups attached to an aromatic ring is 1. The molecule has 0 amide bonds. The number of halogens is 5. The first-order valence-corrected chi connectivity index (χ1v) is 5.62. The smallest absolute Gasteiger partial charge is 0.404 e. The number of anilines is 3. The summed E-state index contributed by atoms with van der Waals surface area (Å²) in [6.45, 7) is 0. The van der Waals surface area contributed by atoms with Crippen molar-refractivity contribution in [3.8, 4) is 5.75 Å². The fraction of sp³-hybridized carbons (Fsp3) is 0.0769. The number of hydrogen-bond acceptors (Lipinski definition) is 3. The van der Waals surface area contributed by atoms with Gasteiger partial charge in [0.2, 0.25) is 0 Å². The molecule has 0 saturated heterocycles. The summed E-state index contributed by atoms with van der Waals surface area (Å²) in [6, 6.07) is 6.49. The molecule has 0 aliphatic rings. The molecule has 0 atom stereocenters. The molecule has 2 aromatic rings. The number of hydrogen-bond donors (Lipinski definition) is 2. The van der Waals surface area contributed by atoms with Gasteiger partial charge in [0.25, 0.3) is 0 Å². The van der Waals surface area contributed by atoms with Gasteiger partial charge in [-0.2, -0.15) is 0 Å². The Labute approximate surface area is 116 Å². The van der Waals surface area contributed by atoms with Gasteiger partial charge in [-0.25, -0.2) is 8.78 Å². The molecule has 0 aliphatic heterocycles. The topological polar surface area (TPSA) is 47.3 Å². The van der Waals surface area contributed by atoms with E-state index in [1.165, 1.54) is 18.2 Å². The minimum absolute atomic E-state index is 0.133. The van der Waals surface area contributed by atoms with Crippen LogP contribution >= 0.6 is 0 Å². The van der Waals surface area contributed by atoms with Crippen LogP contribution in [0.3, 0.4) is 0 Å². The molecule has 8 heteroatoms. The molecule has 0 saturated carbocycles. The van der Waals surface area contributed by atoms with Crippen molar-refractivity contribution in [2.75, 3.05) is 11.1 Å². The summed E-state index contributed by atoms with van der Waals surface area (Å²) < 4.78 is 67.1. The summed E-state index contributed by atoms with van der Waals surface area (Å²) in [5, 5.41) is 2.42. The monoisotopic (exact) mass is 304 g/mol. The summed E-state index contributed by atoms with van der Waals surface area (Å²) in [4.78, 5) is 0. The first-order chi connectivity index (χ1) is 9.76. The van der Waals surface area contributed by atoms with E-state index in [4.69, 9.17) is 5.73 Å². The molecule has 0 aliphatic carbocycles. The van der Waals surface area contributed by atoms with E-state index >= 15 is 0 Å². The van der Waals surface area contributed by atoms with Crippen molar-refractivity contribution in [1.29, 1.82) is 0 Å². The van der Waals surface area contributed by atoms with Gasteiger partial charge in [0.15, 0.2) is 11.6 Å². The summed E-state index contributed by atoms with van der Waals surface area (Å²) in [5.41, 5.74) is 4.66. The average molecular weight is 304 g/mol. The Morgan fingerprint density at radius 2 is 1.67 bits per heavy atom. The maximum Gasteiger partial charge on any atom is 0.573 e. The van der Waals surface area contributed by atoms with Crippen molar-refractivity contribution < 1.29 is 26.7 Å². The highest BCUT2D eigenvalue weighted by Gasteiger charge is 2.32. The van der Waals surface area contributed by atoms with E-state index in [1.54, 1.807) is 0 Å². The Bertz CT molecular complexity index is 657. The SMILES string of the molecule is Nc1c(F)cc(F)cc1Nc1ccccc1OC(F)(F)F. The van der Waals surface area contributed by atoms with Gasteiger partial charge in [0.05, 0.1) is 17.1 Å². The van der Waals surface area contributed by atoms with Gasteiger partial charge in [0, 0.05) is 6.07 Å². The van der Waals surface area contributed by atoms with Gasteiger partial charge in [0.1, 0.15) is 5.82 Å². The second kappa shape index (κ2) is 5.47. The molecule has 2 aromatic carbocycles. The van der Waals surface area contributed by atoms with Crippen LogP contribution in [0.25, 0.3) is 0 Å². The lowest BCUT2D eigenvalue weighted by molar-refractivity contribution is -0.274. The van der Waals surface area contributed by atoms with E-state index in [1.807, 2.05) is 0 Å². The average Bonchev–Trinajstić information content (AvgIpc) is 2.36. The van der Waals surface area contributed by atoms with Crippen LogP contribution in [-0.4, -0.2) is 6.36 Å². The minimum atomic E-state index is -4.89. The Hall–Kier alpha value is -2.51. The number of nitrogens with one attached hydrogen (secondary N) is 1. The van der Waals surface area contributed by atoms with Crippen molar-refractivity contribution >= 4 is 17.1 Å². The largest absolute Gasteiger partial charge is 0.573 e. The molecule has 0 heterocycles. The number of rotatable bonds is 3. The van der Waals surface area contributed by atoms with Gasteiger partial charge >= 0.3 is 6.36 Å². The fourth-order valence-corrected chi connectivity index (χ4v) is 1.62. The Morgan fingerprint density at radius 1 is 1.00 bits per heavy atom. The Kier molecular flexibility index (Phi) is 3.88. The summed E-state index contributed by atoms with van der Waals surface area (Å²) in [6.07, 6.45) is -4.89. The molecule has 2 rings (SSSR count). The first kappa shape index (κ1) is 14.9. The van der Waals surface area contributed by atoms with Crippen LogP contribution in [0.4, 0.5) is 39.0 Å². The zero-order chi connectivity index (χ0) is 15.6. The molecule has 3 N–H and O–H groups in total. The lowest BCUT2D eigenvalue weighted by Crippen LogP contribution is -2.18. The number of ether oxygens (including phenoxy) is 1. The summed E-state index contributed by atoms with van der Waals surface area (Å²) >= 11 is 0. The molecule has 0 fully saturated rings. The van der Waals surface area contributed by atoms with Gasteiger partial charge in [-0.05, 0) is 18.2 Å². The quantitative estimate of drug-likeness (QED) is 0.660. The predicted molar refractivity (Wildman–Crippen MR) is 67.2 cm³/mol. The summed E-state index contributed by atoms with van der Waals surface area (Å²) in [7, 11) is 0. The Morgan fingerprint density at radius 3 is 2.33 bits per heavy atom. The van der Waals surface area contributed by atoms with Crippen molar-refractivity contribution in [3.63, 3.8) is 0 Å². The number of para-hydroxylation sites is 2. The van der Waals surface area contributed by atoms with Crippen LogP contribution in [0.2, 0.25) is 0 Å². The van der Waals surface area contributed by atoms with Crippen LogP contribution in [0.15, 0.2) is 36.4 Å². The van der Waals surface area contributed by atoms with Crippen molar-refractivity contribution in [2.45, 2.75) is 6.36 Å². The van der Waals surface area contributed by atoms with Crippen LogP contribution in [0.5, 0.6) is 5.75 Å². The molecular formula is C13H9F5N2O.